The zero-order valence-corrected chi connectivity index (χ0v) is 16.4. The van der Waals surface area contributed by atoms with Gasteiger partial charge < -0.3 is 4.74 Å². The van der Waals surface area contributed by atoms with Crippen molar-refractivity contribution in [1.82, 2.24) is 0 Å². The van der Waals surface area contributed by atoms with Crippen LogP contribution in [0.25, 0.3) is 21.5 Å². The first-order valence-electron chi connectivity index (χ1n) is 10.0. The van der Waals surface area contributed by atoms with Crippen molar-refractivity contribution in [3.8, 4) is 5.75 Å². The predicted molar refractivity (Wildman–Crippen MR) is 122 cm³/mol. The van der Waals surface area contributed by atoms with E-state index < -0.39 is 0 Å². The molecule has 144 valence electrons. The van der Waals surface area contributed by atoms with Crippen LogP contribution in [0.5, 0.6) is 5.75 Å². The zero-order chi connectivity index (χ0) is 20.3. The normalized spacial score (nSPS) is 10.9. The van der Waals surface area contributed by atoms with Crippen LogP contribution < -0.4 is 4.74 Å². The van der Waals surface area contributed by atoms with Crippen LogP contribution in [0, 0.1) is 0 Å². The second-order valence-electron chi connectivity index (χ2n) is 7.36. The SMILES string of the molecule is O=C(Oc1c2ccccc2cc2ccccc12)c1ccccc1Cc1ccccc1. The van der Waals surface area contributed by atoms with E-state index in [1.54, 1.807) is 0 Å². The molecule has 0 saturated carbocycles. The van der Waals surface area contributed by atoms with Crippen LogP contribution >= 0.6 is 0 Å². The van der Waals surface area contributed by atoms with Crippen molar-refractivity contribution in [2.75, 3.05) is 0 Å². The maximum absolute atomic E-state index is 13.3. The van der Waals surface area contributed by atoms with Crippen molar-refractivity contribution in [3.05, 3.63) is 126 Å². The molecule has 0 bridgehead atoms. The molecule has 0 aliphatic rings. The molecule has 5 aromatic rings. The van der Waals surface area contributed by atoms with Gasteiger partial charge in [-0.25, -0.2) is 4.79 Å². The van der Waals surface area contributed by atoms with Gasteiger partial charge in [0.1, 0.15) is 5.75 Å². The average molecular weight is 388 g/mol. The third-order valence-electron chi connectivity index (χ3n) is 5.39. The largest absolute Gasteiger partial charge is 0.422 e. The Balaban J connectivity index is 1.57. The Bertz CT molecular complexity index is 1300. The number of rotatable bonds is 4. The molecule has 0 spiro atoms. The lowest BCUT2D eigenvalue weighted by molar-refractivity contribution is 0.0738. The summed E-state index contributed by atoms with van der Waals surface area (Å²) in [6.45, 7) is 0. The number of hydrogen-bond acceptors (Lipinski definition) is 2. The molecular formula is C28H20O2. The number of carbonyl (C=O) groups is 1. The first-order chi connectivity index (χ1) is 14.8. The summed E-state index contributed by atoms with van der Waals surface area (Å²) in [5, 5.41) is 3.98. The van der Waals surface area contributed by atoms with E-state index in [-0.39, 0.29) is 5.97 Å². The molecule has 0 aliphatic heterocycles. The molecule has 0 aromatic heterocycles. The predicted octanol–water partition coefficient (Wildman–Crippen LogP) is 6.80. The minimum atomic E-state index is -0.331. The topological polar surface area (TPSA) is 26.3 Å². The second kappa shape index (κ2) is 7.84. The Morgan fingerprint density at radius 1 is 0.633 bits per heavy atom. The van der Waals surface area contributed by atoms with E-state index in [9.17, 15) is 4.79 Å². The van der Waals surface area contributed by atoms with Crippen molar-refractivity contribution < 1.29 is 9.53 Å². The summed E-state index contributed by atoms with van der Waals surface area (Å²) in [4.78, 5) is 13.3. The molecule has 0 aliphatic carbocycles. The van der Waals surface area contributed by atoms with Gasteiger partial charge in [-0.1, -0.05) is 97.1 Å². The molecule has 0 amide bonds. The highest BCUT2D eigenvalue weighted by atomic mass is 16.5. The quantitative estimate of drug-likeness (QED) is 0.192. The van der Waals surface area contributed by atoms with E-state index in [1.807, 2.05) is 91.0 Å². The molecule has 0 unspecified atom stereocenters. The third kappa shape index (κ3) is 3.44. The Morgan fingerprint density at radius 3 is 1.90 bits per heavy atom. The summed E-state index contributed by atoms with van der Waals surface area (Å²) in [6, 6.07) is 36.0. The van der Waals surface area contributed by atoms with Gasteiger partial charge in [0.25, 0.3) is 0 Å². The average Bonchev–Trinajstić information content (AvgIpc) is 2.80. The number of carbonyl (C=O) groups excluding carboxylic acids is 1. The molecule has 30 heavy (non-hydrogen) atoms. The highest BCUT2D eigenvalue weighted by Gasteiger charge is 2.17. The lowest BCUT2D eigenvalue weighted by atomic mass is 9.99. The molecule has 5 rings (SSSR count). The van der Waals surface area contributed by atoms with Crippen LogP contribution in [0.4, 0.5) is 0 Å². The lowest BCUT2D eigenvalue weighted by Crippen LogP contribution is -2.12. The number of fused-ring (bicyclic) bond motifs is 2. The minimum Gasteiger partial charge on any atom is -0.422 e. The van der Waals surface area contributed by atoms with Crippen molar-refractivity contribution in [2.45, 2.75) is 6.42 Å². The molecule has 0 saturated heterocycles. The van der Waals surface area contributed by atoms with Gasteiger partial charge in [-0.15, -0.1) is 0 Å². The van der Waals surface area contributed by atoms with Gasteiger partial charge in [-0.2, -0.15) is 0 Å². The number of esters is 1. The first kappa shape index (κ1) is 18.1. The Labute approximate surface area is 175 Å². The summed E-state index contributed by atoms with van der Waals surface area (Å²) in [7, 11) is 0. The smallest absolute Gasteiger partial charge is 0.343 e. The molecule has 0 heterocycles. The number of hydrogen-bond donors (Lipinski definition) is 0. The Kier molecular flexibility index (Phi) is 4.74. The van der Waals surface area contributed by atoms with Crippen molar-refractivity contribution in [2.24, 2.45) is 0 Å². The number of benzene rings is 5. The first-order valence-corrected chi connectivity index (χ1v) is 10.0. The van der Waals surface area contributed by atoms with Gasteiger partial charge in [0.15, 0.2) is 0 Å². The van der Waals surface area contributed by atoms with E-state index in [2.05, 4.69) is 18.2 Å². The molecule has 0 N–H and O–H groups in total. The van der Waals surface area contributed by atoms with Crippen LogP contribution in [0.15, 0.2) is 109 Å². The van der Waals surface area contributed by atoms with Crippen LogP contribution in [0.3, 0.4) is 0 Å². The molecule has 0 fully saturated rings. The molecule has 2 nitrogen and oxygen atoms in total. The molecule has 5 aromatic carbocycles. The van der Waals surface area contributed by atoms with Crippen molar-refractivity contribution in [3.63, 3.8) is 0 Å². The summed E-state index contributed by atoms with van der Waals surface area (Å²) in [6.07, 6.45) is 0.683. The van der Waals surface area contributed by atoms with Gasteiger partial charge in [0.05, 0.1) is 5.56 Å². The van der Waals surface area contributed by atoms with Crippen molar-refractivity contribution >= 4 is 27.5 Å². The second-order valence-corrected chi connectivity index (χ2v) is 7.36. The third-order valence-corrected chi connectivity index (χ3v) is 5.39. The van der Waals surface area contributed by atoms with E-state index in [4.69, 9.17) is 4.74 Å². The summed E-state index contributed by atoms with van der Waals surface area (Å²) >= 11 is 0. The highest BCUT2D eigenvalue weighted by Crippen LogP contribution is 2.35. The van der Waals surface area contributed by atoms with Crippen LogP contribution in [-0.4, -0.2) is 5.97 Å². The van der Waals surface area contributed by atoms with Crippen LogP contribution in [0.2, 0.25) is 0 Å². The fraction of sp³-hybridized carbons (Fsp3) is 0.0357. The van der Waals surface area contributed by atoms with Crippen LogP contribution in [-0.2, 0) is 6.42 Å². The van der Waals surface area contributed by atoms with E-state index in [0.29, 0.717) is 17.7 Å². The fourth-order valence-electron chi connectivity index (χ4n) is 3.92. The fourth-order valence-corrected chi connectivity index (χ4v) is 3.92. The van der Waals surface area contributed by atoms with E-state index in [0.717, 1.165) is 32.7 Å². The summed E-state index contributed by atoms with van der Waals surface area (Å²) < 4.78 is 6.07. The zero-order valence-electron chi connectivity index (χ0n) is 16.4. The van der Waals surface area contributed by atoms with Gasteiger partial charge >= 0.3 is 5.97 Å². The maximum Gasteiger partial charge on any atom is 0.343 e. The summed E-state index contributed by atoms with van der Waals surface area (Å²) in [5.41, 5.74) is 2.71. The monoisotopic (exact) mass is 388 g/mol. The summed E-state index contributed by atoms with van der Waals surface area (Å²) in [5.74, 6) is 0.284. The molecule has 0 radical (unpaired) electrons. The standard InChI is InChI=1S/C28H20O2/c29-28(26-17-9-6-12-21(26)18-20-10-2-1-3-11-20)30-27-24-15-7-4-13-22(24)19-23-14-5-8-16-25(23)27/h1-17,19H,18H2. The van der Waals surface area contributed by atoms with Crippen LogP contribution in [0.1, 0.15) is 21.5 Å². The van der Waals surface area contributed by atoms with Gasteiger partial charge in [0, 0.05) is 10.8 Å². The maximum atomic E-state index is 13.3. The van der Waals surface area contributed by atoms with Gasteiger partial charge in [-0.3, -0.25) is 0 Å². The van der Waals surface area contributed by atoms with Gasteiger partial charge in [-0.05, 0) is 40.5 Å². The van der Waals surface area contributed by atoms with Crippen molar-refractivity contribution in [1.29, 1.82) is 0 Å². The van der Waals surface area contributed by atoms with E-state index in [1.165, 1.54) is 0 Å². The molecule has 2 heteroatoms. The lowest BCUT2D eigenvalue weighted by Gasteiger charge is -2.14. The minimum absolute atomic E-state index is 0.331. The molecule has 0 atom stereocenters. The van der Waals surface area contributed by atoms with E-state index >= 15 is 0 Å². The Hall–Kier alpha value is -3.91. The van der Waals surface area contributed by atoms with Gasteiger partial charge in [0.2, 0.25) is 0 Å². The highest BCUT2D eigenvalue weighted by molar-refractivity contribution is 6.07. The Morgan fingerprint density at radius 2 is 1.20 bits per heavy atom. The molecular weight excluding hydrogens is 368 g/mol. The number of ether oxygens (including phenoxy) is 1.